The molecule has 5 nitrogen and oxygen atoms in total. The second-order valence-corrected chi connectivity index (χ2v) is 5.53. The predicted octanol–water partition coefficient (Wildman–Crippen LogP) is 0.492. The third-order valence-corrected chi connectivity index (χ3v) is 2.58. The Bertz CT molecular complexity index is 405. The molecule has 13 heavy (non-hydrogen) atoms. The summed E-state index contributed by atoms with van der Waals surface area (Å²) in [7, 11) is -3.05. The number of aromatic nitrogens is 2. The minimum absolute atomic E-state index is 0.136. The molecule has 1 heterocycles. The van der Waals surface area contributed by atoms with E-state index in [9.17, 15) is 8.42 Å². The molecule has 1 aromatic heterocycles. The summed E-state index contributed by atoms with van der Waals surface area (Å²) in [5, 5.41) is 3.60. The van der Waals surface area contributed by atoms with E-state index >= 15 is 0 Å². The van der Waals surface area contributed by atoms with Gasteiger partial charge in [0, 0.05) is 12.2 Å². The van der Waals surface area contributed by atoms with Gasteiger partial charge in [-0.05, 0) is 12.8 Å². The molecular weight excluding hydrogens is 192 g/mol. The Kier molecular flexibility index (Phi) is 1.87. The molecule has 72 valence electrons. The molecule has 0 amide bonds. The summed E-state index contributed by atoms with van der Waals surface area (Å²) in [4.78, 5) is 4.00. The standard InChI is InChI=1S/C7H10N2O3S/c1-13(10,11)4-6-8-7(12-9-6)5-2-3-5/h5H,2-4H2,1H3. The lowest BCUT2D eigenvalue weighted by molar-refractivity contribution is 0.375. The molecule has 1 aliphatic carbocycles. The van der Waals surface area contributed by atoms with Gasteiger partial charge in [0.1, 0.15) is 5.75 Å². The highest BCUT2D eigenvalue weighted by Gasteiger charge is 2.29. The van der Waals surface area contributed by atoms with Crippen LogP contribution in [0.3, 0.4) is 0 Å². The van der Waals surface area contributed by atoms with Crippen LogP contribution in [0.2, 0.25) is 0 Å². The molecule has 0 N–H and O–H groups in total. The largest absolute Gasteiger partial charge is 0.339 e. The Balaban J connectivity index is 2.13. The van der Waals surface area contributed by atoms with Crippen LogP contribution in [0.1, 0.15) is 30.5 Å². The molecule has 0 aliphatic heterocycles. The monoisotopic (exact) mass is 202 g/mol. The van der Waals surface area contributed by atoms with Crippen LogP contribution in [0.15, 0.2) is 4.52 Å². The SMILES string of the molecule is CS(=O)(=O)Cc1noc(C2CC2)n1. The van der Waals surface area contributed by atoms with E-state index in [4.69, 9.17) is 4.52 Å². The van der Waals surface area contributed by atoms with Gasteiger partial charge < -0.3 is 4.52 Å². The zero-order valence-electron chi connectivity index (χ0n) is 7.23. The second kappa shape index (κ2) is 2.80. The van der Waals surface area contributed by atoms with Gasteiger partial charge in [-0.25, -0.2) is 8.42 Å². The fourth-order valence-electron chi connectivity index (χ4n) is 1.06. The first kappa shape index (κ1) is 8.68. The van der Waals surface area contributed by atoms with Crippen molar-refractivity contribution in [3.8, 4) is 0 Å². The van der Waals surface area contributed by atoms with Gasteiger partial charge in [0.25, 0.3) is 0 Å². The quantitative estimate of drug-likeness (QED) is 0.713. The zero-order chi connectivity index (χ0) is 9.47. The van der Waals surface area contributed by atoms with Crippen molar-refractivity contribution in [2.45, 2.75) is 24.5 Å². The summed E-state index contributed by atoms with van der Waals surface area (Å²) in [6.45, 7) is 0. The summed E-state index contributed by atoms with van der Waals surface area (Å²) in [6, 6.07) is 0. The third kappa shape index (κ3) is 2.27. The fraction of sp³-hybridized carbons (Fsp3) is 0.714. The highest BCUT2D eigenvalue weighted by molar-refractivity contribution is 7.89. The molecule has 1 saturated carbocycles. The first-order chi connectivity index (χ1) is 6.04. The molecule has 0 atom stereocenters. The van der Waals surface area contributed by atoms with E-state index < -0.39 is 9.84 Å². The first-order valence-corrected chi connectivity index (χ1v) is 6.11. The van der Waals surface area contributed by atoms with Crippen molar-refractivity contribution < 1.29 is 12.9 Å². The van der Waals surface area contributed by atoms with E-state index in [2.05, 4.69) is 10.1 Å². The van der Waals surface area contributed by atoms with Gasteiger partial charge in [-0.3, -0.25) is 0 Å². The van der Waals surface area contributed by atoms with Crippen molar-refractivity contribution in [3.05, 3.63) is 11.7 Å². The topological polar surface area (TPSA) is 73.1 Å². The lowest BCUT2D eigenvalue weighted by Crippen LogP contribution is -2.02. The van der Waals surface area contributed by atoms with Crippen molar-refractivity contribution in [2.75, 3.05) is 6.26 Å². The highest BCUT2D eigenvalue weighted by Crippen LogP contribution is 2.38. The van der Waals surface area contributed by atoms with Crippen LogP contribution in [0.4, 0.5) is 0 Å². The Labute approximate surface area is 76.1 Å². The average Bonchev–Trinajstić information content (AvgIpc) is 2.72. The van der Waals surface area contributed by atoms with E-state index in [0.29, 0.717) is 11.8 Å². The molecule has 1 fully saturated rings. The number of nitrogens with zero attached hydrogens (tertiary/aromatic N) is 2. The predicted molar refractivity (Wildman–Crippen MR) is 44.8 cm³/mol. The number of rotatable bonds is 3. The Morgan fingerprint density at radius 2 is 2.23 bits per heavy atom. The van der Waals surface area contributed by atoms with Crippen molar-refractivity contribution in [3.63, 3.8) is 0 Å². The third-order valence-electron chi connectivity index (χ3n) is 1.80. The highest BCUT2D eigenvalue weighted by atomic mass is 32.2. The van der Waals surface area contributed by atoms with Crippen molar-refractivity contribution in [1.82, 2.24) is 10.1 Å². The molecular formula is C7H10N2O3S. The number of hydrogen-bond donors (Lipinski definition) is 0. The summed E-state index contributed by atoms with van der Waals surface area (Å²) >= 11 is 0. The molecule has 0 aromatic carbocycles. The van der Waals surface area contributed by atoms with Crippen LogP contribution in [0.25, 0.3) is 0 Å². The summed E-state index contributed by atoms with van der Waals surface area (Å²) in [6.07, 6.45) is 3.29. The van der Waals surface area contributed by atoms with Gasteiger partial charge >= 0.3 is 0 Å². The normalized spacial score (nSPS) is 17.6. The molecule has 1 aliphatic rings. The lowest BCUT2D eigenvalue weighted by Gasteiger charge is -1.88. The Hall–Kier alpha value is -0.910. The first-order valence-electron chi connectivity index (χ1n) is 4.05. The molecule has 1 aromatic rings. The van der Waals surface area contributed by atoms with Crippen molar-refractivity contribution in [1.29, 1.82) is 0 Å². The van der Waals surface area contributed by atoms with Crippen LogP contribution >= 0.6 is 0 Å². The second-order valence-electron chi connectivity index (χ2n) is 3.39. The Morgan fingerprint density at radius 1 is 1.54 bits per heavy atom. The van der Waals surface area contributed by atoms with E-state index in [1.165, 1.54) is 0 Å². The molecule has 0 bridgehead atoms. The molecule has 0 unspecified atom stereocenters. The van der Waals surface area contributed by atoms with Gasteiger partial charge in [-0.2, -0.15) is 4.98 Å². The van der Waals surface area contributed by atoms with Gasteiger partial charge in [0.2, 0.25) is 5.89 Å². The van der Waals surface area contributed by atoms with Crippen molar-refractivity contribution >= 4 is 9.84 Å². The van der Waals surface area contributed by atoms with Crippen LogP contribution < -0.4 is 0 Å². The molecule has 2 rings (SSSR count). The van der Waals surface area contributed by atoms with Gasteiger partial charge in [-0.15, -0.1) is 0 Å². The van der Waals surface area contributed by atoms with E-state index in [1.807, 2.05) is 0 Å². The molecule has 0 radical (unpaired) electrons. The van der Waals surface area contributed by atoms with Gasteiger partial charge in [-0.1, -0.05) is 5.16 Å². The summed E-state index contributed by atoms with van der Waals surface area (Å²) in [5.74, 6) is 1.09. The minimum Gasteiger partial charge on any atom is -0.339 e. The maximum Gasteiger partial charge on any atom is 0.229 e. The van der Waals surface area contributed by atoms with Crippen LogP contribution in [0.5, 0.6) is 0 Å². The van der Waals surface area contributed by atoms with Crippen molar-refractivity contribution in [2.24, 2.45) is 0 Å². The van der Waals surface area contributed by atoms with Crippen LogP contribution in [0, 0.1) is 0 Å². The molecule has 6 heteroatoms. The van der Waals surface area contributed by atoms with E-state index in [-0.39, 0.29) is 11.6 Å². The Morgan fingerprint density at radius 3 is 2.77 bits per heavy atom. The van der Waals surface area contributed by atoms with E-state index in [0.717, 1.165) is 19.1 Å². The maximum atomic E-state index is 10.9. The average molecular weight is 202 g/mol. The zero-order valence-corrected chi connectivity index (χ0v) is 8.04. The number of hydrogen-bond acceptors (Lipinski definition) is 5. The van der Waals surface area contributed by atoms with Crippen LogP contribution in [-0.4, -0.2) is 24.8 Å². The minimum atomic E-state index is -3.05. The van der Waals surface area contributed by atoms with Crippen LogP contribution in [-0.2, 0) is 15.6 Å². The summed E-state index contributed by atoms with van der Waals surface area (Å²) < 4.78 is 26.7. The van der Waals surface area contributed by atoms with Gasteiger partial charge in [0.15, 0.2) is 15.7 Å². The van der Waals surface area contributed by atoms with E-state index in [1.54, 1.807) is 0 Å². The molecule has 0 spiro atoms. The molecule has 0 saturated heterocycles. The van der Waals surface area contributed by atoms with Gasteiger partial charge in [0.05, 0.1) is 0 Å². The fourth-order valence-corrected chi connectivity index (χ4v) is 1.64. The smallest absolute Gasteiger partial charge is 0.229 e. The lowest BCUT2D eigenvalue weighted by atomic mass is 10.4. The number of sulfone groups is 1. The maximum absolute atomic E-state index is 10.9. The summed E-state index contributed by atoms with van der Waals surface area (Å²) in [5.41, 5.74) is 0.